The van der Waals surface area contributed by atoms with Crippen molar-refractivity contribution in [2.24, 2.45) is 11.3 Å². The van der Waals surface area contributed by atoms with Crippen LogP contribution >= 0.6 is 0 Å². The van der Waals surface area contributed by atoms with Crippen LogP contribution in [0.15, 0.2) is 12.7 Å². The zero-order valence-corrected chi connectivity index (χ0v) is 12.6. The molecule has 0 aromatic rings. The van der Waals surface area contributed by atoms with Crippen LogP contribution in [0.25, 0.3) is 0 Å². The Kier molecular flexibility index (Phi) is 7.03. The Morgan fingerprint density at radius 1 is 1.24 bits per heavy atom. The lowest BCUT2D eigenvalue weighted by Gasteiger charge is -2.31. The third kappa shape index (κ3) is 9.37. The lowest BCUT2D eigenvalue weighted by atomic mass is 9.86. The Balaban J connectivity index is 3.97. The Morgan fingerprint density at radius 2 is 1.82 bits per heavy atom. The van der Waals surface area contributed by atoms with E-state index >= 15 is 0 Å². The Morgan fingerprint density at radius 3 is 2.24 bits per heavy atom. The fourth-order valence-electron chi connectivity index (χ4n) is 1.35. The summed E-state index contributed by atoms with van der Waals surface area (Å²) in [5.74, 6) is 0.609. The van der Waals surface area contributed by atoms with E-state index < -0.39 is 0 Å². The molecule has 102 valence electrons. The van der Waals surface area contributed by atoms with Crippen molar-refractivity contribution in [2.75, 3.05) is 19.8 Å². The van der Waals surface area contributed by atoms with Crippen molar-refractivity contribution in [1.82, 2.24) is 5.32 Å². The van der Waals surface area contributed by atoms with Crippen molar-refractivity contribution in [3.05, 3.63) is 12.7 Å². The highest BCUT2D eigenvalue weighted by Gasteiger charge is 2.22. The molecule has 17 heavy (non-hydrogen) atoms. The molecule has 0 fully saturated rings. The normalized spacial score (nSPS) is 15.9. The topological polar surface area (TPSA) is 21.3 Å². The quantitative estimate of drug-likeness (QED) is 0.517. The zero-order chi connectivity index (χ0) is 13.5. The average molecular weight is 241 g/mol. The second-order valence-electron chi connectivity index (χ2n) is 6.68. The van der Waals surface area contributed by atoms with Gasteiger partial charge in [0.05, 0.1) is 0 Å². The minimum Gasteiger partial charge on any atom is -0.381 e. The largest absolute Gasteiger partial charge is 0.381 e. The maximum absolute atomic E-state index is 5.65. The molecule has 0 saturated heterocycles. The first-order valence-corrected chi connectivity index (χ1v) is 6.65. The van der Waals surface area contributed by atoms with Gasteiger partial charge in [0.1, 0.15) is 0 Å². The van der Waals surface area contributed by atoms with E-state index in [-0.39, 0.29) is 11.0 Å². The van der Waals surface area contributed by atoms with Crippen LogP contribution < -0.4 is 5.32 Å². The third-order valence-electron chi connectivity index (χ3n) is 2.78. The second kappa shape index (κ2) is 7.17. The summed E-state index contributed by atoms with van der Waals surface area (Å²) in [6.45, 7) is 19.7. The molecule has 1 unspecified atom stereocenters. The van der Waals surface area contributed by atoms with Crippen LogP contribution in [0.4, 0.5) is 0 Å². The Bertz CT molecular complexity index is 217. The molecule has 0 aliphatic rings. The molecular formula is C15H31NO. The summed E-state index contributed by atoms with van der Waals surface area (Å²) in [6, 6.07) is 0. The van der Waals surface area contributed by atoms with E-state index in [0.717, 1.165) is 26.2 Å². The van der Waals surface area contributed by atoms with Crippen LogP contribution in [0, 0.1) is 11.3 Å². The van der Waals surface area contributed by atoms with Gasteiger partial charge < -0.3 is 10.1 Å². The standard InChI is InChI=1S/C15H31NO/c1-8-15(7,12-16-14(4,5)6)9-10-17-11-13(2)3/h8,13,16H,1,9-12H2,2-7H3. The van der Waals surface area contributed by atoms with Gasteiger partial charge >= 0.3 is 0 Å². The number of nitrogens with one attached hydrogen (secondary N) is 1. The maximum Gasteiger partial charge on any atom is 0.0488 e. The molecule has 0 radical (unpaired) electrons. The minimum atomic E-state index is 0.115. The van der Waals surface area contributed by atoms with E-state index in [9.17, 15) is 0 Å². The van der Waals surface area contributed by atoms with Gasteiger partial charge in [0, 0.05) is 25.3 Å². The molecule has 1 atom stereocenters. The predicted octanol–water partition coefficient (Wildman–Crippen LogP) is 3.63. The Hall–Kier alpha value is -0.340. The van der Waals surface area contributed by atoms with E-state index in [1.807, 2.05) is 6.08 Å². The van der Waals surface area contributed by atoms with Gasteiger partial charge in [0.25, 0.3) is 0 Å². The molecule has 1 N–H and O–H groups in total. The van der Waals surface area contributed by atoms with Gasteiger partial charge in [-0.3, -0.25) is 0 Å². The van der Waals surface area contributed by atoms with E-state index in [1.165, 1.54) is 0 Å². The Labute approximate surface area is 108 Å². The predicted molar refractivity (Wildman–Crippen MR) is 76.3 cm³/mol. The summed E-state index contributed by atoms with van der Waals surface area (Å²) in [4.78, 5) is 0. The first-order chi connectivity index (χ1) is 7.68. The molecule has 2 heteroatoms. The lowest BCUT2D eigenvalue weighted by molar-refractivity contribution is 0.0885. The van der Waals surface area contributed by atoms with Gasteiger partial charge in [-0.2, -0.15) is 0 Å². The summed E-state index contributed by atoms with van der Waals surface area (Å²) in [6.07, 6.45) is 3.07. The molecule has 0 amide bonds. The van der Waals surface area contributed by atoms with Crippen molar-refractivity contribution in [3.63, 3.8) is 0 Å². The van der Waals surface area contributed by atoms with Crippen molar-refractivity contribution >= 4 is 0 Å². The first kappa shape index (κ1) is 16.7. The van der Waals surface area contributed by atoms with Gasteiger partial charge in [-0.15, -0.1) is 6.58 Å². The van der Waals surface area contributed by atoms with Crippen LogP contribution in [0.2, 0.25) is 0 Å². The van der Waals surface area contributed by atoms with Crippen molar-refractivity contribution in [1.29, 1.82) is 0 Å². The zero-order valence-electron chi connectivity index (χ0n) is 12.6. The van der Waals surface area contributed by atoms with Crippen molar-refractivity contribution < 1.29 is 4.74 Å². The van der Waals surface area contributed by atoms with E-state index in [4.69, 9.17) is 4.74 Å². The SMILES string of the molecule is C=CC(C)(CCOCC(C)C)CNC(C)(C)C. The number of ether oxygens (including phenoxy) is 1. The molecule has 2 nitrogen and oxygen atoms in total. The van der Waals surface area contributed by atoms with E-state index in [0.29, 0.717) is 5.92 Å². The second-order valence-corrected chi connectivity index (χ2v) is 6.68. The third-order valence-corrected chi connectivity index (χ3v) is 2.78. The number of hydrogen-bond acceptors (Lipinski definition) is 2. The summed E-state index contributed by atoms with van der Waals surface area (Å²) in [7, 11) is 0. The lowest BCUT2D eigenvalue weighted by Crippen LogP contribution is -2.42. The molecule has 0 saturated carbocycles. The number of rotatable bonds is 8. The van der Waals surface area contributed by atoms with E-state index in [1.54, 1.807) is 0 Å². The molecule has 0 aliphatic heterocycles. The van der Waals surface area contributed by atoms with Gasteiger partial charge in [-0.05, 0) is 38.5 Å². The molecule has 0 rings (SSSR count). The monoisotopic (exact) mass is 241 g/mol. The van der Waals surface area contributed by atoms with Crippen molar-refractivity contribution in [2.45, 2.75) is 53.5 Å². The van der Waals surface area contributed by atoms with Crippen LogP contribution in [-0.2, 0) is 4.74 Å². The summed E-state index contributed by atoms with van der Waals surface area (Å²) in [5, 5.41) is 3.54. The van der Waals surface area contributed by atoms with Gasteiger partial charge in [-0.25, -0.2) is 0 Å². The highest BCUT2D eigenvalue weighted by molar-refractivity contribution is 4.94. The van der Waals surface area contributed by atoms with Crippen LogP contribution in [0.1, 0.15) is 48.0 Å². The highest BCUT2D eigenvalue weighted by Crippen LogP contribution is 2.22. The molecule has 0 spiro atoms. The molecular weight excluding hydrogens is 210 g/mol. The smallest absolute Gasteiger partial charge is 0.0488 e. The average Bonchev–Trinajstić information content (AvgIpc) is 2.20. The maximum atomic E-state index is 5.65. The molecule has 0 heterocycles. The highest BCUT2D eigenvalue weighted by atomic mass is 16.5. The van der Waals surface area contributed by atoms with Crippen molar-refractivity contribution in [3.8, 4) is 0 Å². The fraction of sp³-hybridized carbons (Fsp3) is 0.867. The van der Waals surface area contributed by atoms with E-state index in [2.05, 4.69) is 53.4 Å². The molecule has 0 aromatic heterocycles. The molecule has 0 aliphatic carbocycles. The molecule has 0 bridgehead atoms. The summed E-state index contributed by atoms with van der Waals surface area (Å²) >= 11 is 0. The summed E-state index contributed by atoms with van der Waals surface area (Å²) in [5.41, 5.74) is 0.271. The number of hydrogen-bond donors (Lipinski definition) is 1. The van der Waals surface area contributed by atoms with Crippen LogP contribution in [0.3, 0.4) is 0 Å². The van der Waals surface area contributed by atoms with Crippen LogP contribution in [-0.4, -0.2) is 25.3 Å². The van der Waals surface area contributed by atoms with Crippen LogP contribution in [0.5, 0.6) is 0 Å². The van der Waals surface area contributed by atoms with Gasteiger partial charge in [-0.1, -0.05) is 26.8 Å². The summed E-state index contributed by atoms with van der Waals surface area (Å²) < 4.78 is 5.65. The van der Waals surface area contributed by atoms with Gasteiger partial charge in [0.2, 0.25) is 0 Å². The molecule has 0 aromatic carbocycles. The fourth-order valence-corrected chi connectivity index (χ4v) is 1.35. The minimum absolute atomic E-state index is 0.115. The first-order valence-electron chi connectivity index (χ1n) is 6.65. The van der Waals surface area contributed by atoms with Gasteiger partial charge in [0.15, 0.2) is 0 Å².